The fraction of sp³-hybridized carbons (Fsp3) is 0.182. The number of anilines is 1. The van der Waals surface area contributed by atoms with Crippen LogP contribution in [0, 0.1) is 6.92 Å². The van der Waals surface area contributed by atoms with E-state index in [1.54, 1.807) is 30.3 Å². The van der Waals surface area contributed by atoms with Gasteiger partial charge in [-0.1, -0.05) is 61.5 Å². The highest BCUT2D eigenvalue weighted by Crippen LogP contribution is 2.32. The number of rotatable bonds is 8. The molecule has 0 bridgehead atoms. The first-order valence-corrected chi connectivity index (χ1v) is 13.3. The van der Waals surface area contributed by atoms with Crippen molar-refractivity contribution in [2.45, 2.75) is 33.8 Å². The highest BCUT2D eigenvalue weighted by Gasteiger charge is 2.36. The van der Waals surface area contributed by atoms with Crippen molar-refractivity contribution in [3.8, 4) is 11.5 Å². The second-order valence-corrected chi connectivity index (χ2v) is 9.49. The van der Waals surface area contributed by atoms with E-state index in [2.05, 4.69) is 36.5 Å². The van der Waals surface area contributed by atoms with Gasteiger partial charge in [-0.25, -0.2) is 9.69 Å². The predicted molar refractivity (Wildman–Crippen MR) is 155 cm³/mol. The van der Waals surface area contributed by atoms with Gasteiger partial charge in [-0.15, -0.1) is 0 Å². The fourth-order valence-electron chi connectivity index (χ4n) is 4.73. The molecule has 0 radical (unpaired) electrons. The zero-order valence-corrected chi connectivity index (χ0v) is 22.7. The Labute approximate surface area is 233 Å². The van der Waals surface area contributed by atoms with Crippen LogP contribution in [0.3, 0.4) is 0 Å². The molecule has 0 aromatic heterocycles. The number of nitrogens with zero attached hydrogens (tertiary/aromatic N) is 1. The topological polar surface area (TPSA) is 84.9 Å². The molecule has 7 nitrogen and oxygen atoms in total. The summed E-state index contributed by atoms with van der Waals surface area (Å²) in [6.45, 7) is 6.70. The molecule has 1 N–H and O–H groups in total. The molecule has 1 saturated heterocycles. The van der Waals surface area contributed by atoms with Crippen LogP contribution in [0.25, 0.3) is 16.8 Å². The average molecular weight is 535 g/mol. The summed E-state index contributed by atoms with van der Waals surface area (Å²) in [5.74, 6) is -0.408. The number of barbiturate groups is 1. The van der Waals surface area contributed by atoms with Crippen molar-refractivity contribution in [3.63, 3.8) is 0 Å². The molecule has 1 fully saturated rings. The van der Waals surface area contributed by atoms with Crippen LogP contribution in [-0.2, 0) is 22.6 Å². The molecule has 5 rings (SSSR count). The Balaban J connectivity index is 1.42. The van der Waals surface area contributed by atoms with Crippen LogP contribution >= 0.6 is 0 Å². The summed E-state index contributed by atoms with van der Waals surface area (Å²) in [5, 5.41) is 4.54. The Kier molecular flexibility index (Phi) is 7.64. The standard InChI is InChI=1S/C33H30N2O5/c1-4-22-11-15-25(16-12-22)35-32(37)27(31(36)34-33(35)38)18-23-13-17-29(30(19-23)39-5-2)40-20-28-21(3)10-14-24-8-6-7-9-26(24)28/h6-19H,4-5,20H2,1-3H3,(H,34,36,38)/b27-18+. The van der Waals surface area contributed by atoms with Gasteiger partial charge in [0.2, 0.25) is 0 Å². The third-order valence-corrected chi connectivity index (χ3v) is 6.93. The van der Waals surface area contributed by atoms with Crippen molar-refractivity contribution in [1.82, 2.24) is 5.32 Å². The largest absolute Gasteiger partial charge is 0.490 e. The number of hydrogen-bond acceptors (Lipinski definition) is 5. The average Bonchev–Trinajstić information content (AvgIpc) is 2.96. The molecule has 0 unspecified atom stereocenters. The SMILES string of the molecule is CCOc1cc(/C=C2\C(=O)NC(=O)N(c3ccc(CC)cc3)C2=O)ccc1OCc1c(C)ccc2ccccc12. The van der Waals surface area contributed by atoms with E-state index in [1.807, 2.05) is 38.1 Å². The van der Waals surface area contributed by atoms with Crippen LogP contribution in [0.15, 0.2) is 84.4 Å². The van der Waals surface area contributed by atoms with E-state index in [1.165, 1.54) is 6.08 Å². The van der Waals surface area contributed by atoms with Crippen molar-refractivity contribution >= 4 is 40.4 Å². The zero-order valence-electron chi connectivity index (χ0n) is 22.7. The molecule has 1 aliphatic heterocycles. The first kappa shape index (κ1) is 26.7. The number of benzene rings is 4. The molecule has 40 heavy (non-hydrogen) atoms. The molecule has 7 heteroatoms. The number of nitrogens with one attached hydrogen (secondary N) is 1. The monoisotopic (exact) mass is 534 g/mol. The Hall–Kier alpha value is -4.91. The highest BCUT2D eigenvalue weighted by molar-refractivity contribution is 6.39. The van der Waals surface area contributed by atoms with Gasteiger partial charge in [-0.2, -0.15) is 0 Å². The molecule has 4 aromatic rings. The Morgan fingerprint density at radius 3 is 2.38 bits per heavy atom. The highest BCUT2D eigenvalue weighted by atomic mass is 16.5. The number of carbonyl (C=O) groups excluding carboxylic acids is 3. The van der Waals surface area contributed by atoms with Gasteiger partial charge in [0.1, 0.15) is 12.2 Å². The van der Waals surface area contributed by atoms with Gasteiger partial charge in [0, 0.05) is 5.56 Å². The molecule has 1 aliphatic rings. The lowest BCUT2D eigenvalue weighted by Crippen LogP contribution is -2.54. The lowest BCUT2D eigenvalue weighted by Gasteiger charge is -2.26. The number of fused-ring (bicyclic) bond motifs is 1. The molecule has 202 valence electrons. The Bertz CT molecular complexity index is 1640. The molecule has 4 aromatic carbocycles. The molecular weight excluding hydrogens is 504 g/mol. The minimum atomic E-state index is -0.779. The summed E-state index contributed by atoms with van der Waals surface area (Å²) in [7, 11) is 0. The van der Waals surface area contributed by atoms with Crippen LogP contribution in [0.2, 0.25) is 0 Å². The summed E-state index contributed by atoms with van der Waals surface area (Å²) in [6, 6.07) is 23.9. The Morgan fingerprint density at radius 2 is 1.62 bits per heavy atom. The maximum Gasteiger partial charge on any atom is 0.335 e. The number of hydrogen-bond donors (Lipinski definition) is 1. The van der Waals surface area contributed by atoms with E-state index < -0.39 is 17.8 Å². The van der Waals surface area contributed by atoms with Crippen molar-refractivity contribution in [2.75, 3.05) is 11.5 Å². The quantitative estimate of drug-likeness (QED) is 0.210. The number of ether oxygens (including phenoxy) is 2. The van der Waals surface area contributed by atoms with E-state index in [0.29, 0.717) is 36.0 Å². The first-order valence-electron chi connectivity index (χ1n) is 13.3. The predicted octanol–water partition coefficient (Wildman–Crippen LogP) is 6.35. The number of amides is 4. The van der Waals surface area contributed by atoms with E-state index in [9.17, 15) is 14.4 Å². The second kappa shape index (κ2) is 11.5. The van der Waals surface area contributed by atoms with Gasteiger partial charge in [0.25, 0.3) is 11.8 Å². The van der Waals surface area contributed by atoms with E-state index in [4.69, 9.17) is 9.47 Å². The molecular formula is C33H30N2O5. The van der Waals surface area contributed by atoms with Crippen LogP contribution < -0.4 is 19.7 Å². The van der Waals surface area contributed by atoms with Crippen molar-refractivity contribution in [3.05, 3.63) is 107 Å². The molecule has 0 spiro atoms. The van der Waals surface area contributed by atoms with Crippen molar-refractivity contribution in [1.29, 1.82) is 0 Å². The third-order valence-electron chi connectivity index (χ3n) is 6.93. The number of urea groups is 1. The minimum absolute atomic E-state index is 0.151. The number of imide groups is 2. The van der Waals surface area contributed by atoms with E-state index in [0.717, 1.165) is 38.8 Å². The summed E-state index contributed by atoms with van der Waals surface area (Å²) in [4.78, 5) is 39.5. The number of aryl methyl sites for hydroxylation is 2. The zero-order chi connectivity index (χ0) is 28.2. The summed E-state index contributed by atoms with van der Waals surface area (Å²) >= 11 is 0. The molecule has 1 heterocycles. The second-order valence-electron chi connectivity index (χ2n) is 9.49. The lowest BCUT2D eigenvalue weighted by molar-refractivity contribution is -0.122. The fourth-order valence-corrected chi connectivity index (χ4v) is 4.73. The van der Waals surface area contributed by atoms with Crippen molar-refractivity contribution in [2.24, 2.45) is 0 Å². The van der Waals surface area contributed by atoms with E-state index in [-0.39, 0.29) is 5.57 Å². The Morgan fingerprint density at radius 1 is 0.850 bits per heavy atom. The first-order chi connectivity index (χ1) is 19.4. The smallest absolute Gasteiger partial charge is 0.335 e. The van der Waals surface area contributed by atoms with Gasteiger partial charge >= 0.3 is 6.03 Å². The van der Waals surface area contributed by atoms with Gasteiger partial charge in [0.05, 0.1) is 12.3 Å². The van der Waals surface area contributed by atoms with E-state index >= 15 is 0 Å². The van der Waals surface area contributed by atoms with Crippen LogP contribution in [0.5, 0.6) is 11.5 Å². The lowest BCUT2D eigenvalue weighted by atomic mass is 10.0. The molecule has 0 saturated carbocycles. The summed E-state index contributed by atoms with van der Waals surface area (Å²) in [5.41, 5.74) is 4.09. The minimum Gasteiger partial charge on any atom is -0.490 e. The van der Waals surface area contributed by atoms with Crippen LogP contribution in [0.1, 0.15) is 36.1 Å². The normalized spacial score (nSPS) is 14.5. The summed E-state index contributed by atoms with van der Waals surface area (Å²) in [6.07, 6.45) is 2.28. The van der Waals surface area contributed by atoms with Crippen molar-refractivity contribution < 1.29 is 23.9 Å². The van der Waals surface area contributed by atoms with Gasteiger partial charge in [-0.05, 0) is 78.1 Å². The summed E-state index contributed by atoms with van der Waals surface area (Å²) < 4.78 is 12.1. The van der Waals surface area contributed by atoms with Gasteiger partial charge in [-0.3, -0.25) is 14.9 Å². The molecule has 4 amide bonds. The number of carbonyl (C=O) groups is 3. The molecule has 0 aliphatic carbocycles. The van der Waals surface area contributed by atoms with Crippen LogP contribution in [-0.4, -0.2) is 24.5 Å². The maximum atomic E-state index is 13.3. The third kappa shape index (κ3) is 5.31. The van der Waals surface area contributed by atoms with Crippen LogP contribution in [0.4, 0.5) is 10.5 Å². The molecule has 0 atom stereocenters. The van der Waals surface area contributed by atoms with Gasteiger partial charge < -0.3 is 9.47 Å². The van der Waals surface area contributed by atoms with Gasteiger partial charge in [0.15, 0.2) is 11.5 Å². The maximum absolute atomic E-state index is 13.3.